The zero-order chi connectivity index (χ0) is 14.9. The third kappa shape index (κ3) is 2.24. The third-order valence-corrected chi connectivity index (χ3v) is 4.12. The zero-order valence-electron chi connectivity index (χ0n) is 12.1. The smallest absolute Gasteiger partial charge is 0.341 e. The molecule has 0 spiro atoms. The van der Waals surface area contributed by atoms with Gasteiger partial charge in [0.15, 0.2) is 0 Å². The van der Waals surface area contributed by atoms with Gasteiger partial charge in [0.1, 0.15) is 0 Å². The SMILES string of the molecule is O=C(OC1CCCO1)c1cccc2ccc3ccccc3c12. The summed E-state index contributed by atoms with van der Waals surface area (Å²) in [4.78, 5) is 12.6. The largest absolute Gasteiger partial charge is 0.432 e. The van der Waals surface area contributed by atoms with Crippen molar-refractivity contribution in [2.24, 2.45) is 0 Å². The zero-order valence-corrected chi connectivity index (χ0v) is 12.1. The van der Waals surface area contributed by atoms with Gasteiger partial charge in [-0.2, -0.15) is 0 Å². The highest BCUT2D eigenvalue weighted by atomic mass is 16.7. The van der Waals surface area contributed by atoms with Crippen LogP contribution in [0.5, 0.6) is 0 Å². The van der Waals surface area contributed by atoms with Gasteiger partial charge in [-0.05, 0) is 28.6 Å². The van der Waals surface area contributed by atoms with Gasteiger partial charge in [0.25, 0.3) is 0 Å². The van der Waals surface area contributed by atoms with Gasteiger partial charge in [-0.15, -0.1) is 0 Å². The highest BCUT2D eigenvalue weighted by Crippen LogP contribution is 2.29. The van der Waals surface area contributed by atoms with Crippen LogP contribution < -0.4 is 0 Å². The van der Waals surface area contributed by atoms with Gasteiger partial charge in [0, 0.05) is 11.8 Å². The Morgan fingerprint density at radius 3 is 2.68 bits per heavy atom. The summed E-state index contributed by atoms with van der Waals surface area (Å²) >= 11 is 0. The topological polar surface area (TPSA) is 35.5 Å². The summed E-state index contributed by atoms with van der Waals surface area (Å²) < 4.78 is 10.9. The maximum Gasteiger partial charge on any atom is 0.341 e. The van der Waals surface area contributed by atoms with E-state index >= 15 is 0 Å². The van der Waals surface area contributed by atoms with E-state index in [9.17, 15) is 4.79 Å². The van der Waals surface area contributed by atoms with Crippen molar-refractivity contribution in [2.45, 2.75) is 19.1 Å². The molecule has 1 heterocycles. The lowest BCUT2D eigenvalue weighted by Gasteiger charge is -2.13. The van der Waals surface area contributed by atoms with E-state index < -0.39 is 6.29 Å². The van der Waals surface area contributed by atoms with E-state index in [2.05, 4.69) is 12.1 Å². The molecule has 3 nitrogen and oxygen atoms in total. The molecule has 3 heteroatoms. The van der Waals surface area contributed by atoms with Crippen LogP contribution in [0.25, 0.3) is 21.5 Å². The quantitative estimate of drug-likeness (QED) is 0.522. The predicted octanol–water partition coefficient (Wildman–Crippen LogP) is 4.29. The number of esters is 1. The monoisotopic (exact) mass is 292 g/mol. The Morgan fingerprint density at radius 1 is 1.00 bits per heavy atom. The Labute approximate surface area is 128 Å². The van der Waals surface area contributed by atoms with Crippen LogP contribution >= 0.6 is 0 Å². The van der Waals surface area contributed by atoms with Gasteiger partial charge in [-0.1, -0.05) is 48.5 Å². The van der Waals surface area contributed by atoms with Gasteiger partial charge in [0.2, 0.25) is 6.29 Å². The van der Waals surface area contributed by atoms with Gasteiger partial charge >= 0.3 is 5.97 Å². The molecule has 1 aliphatic heterocycles. The van der Waals surface area contributed by atoms with E-state index in [1.165, 1.54) is 0 Å². The average Bonchev–Trinajstić information content (AvgIpc) is 3.07. The molecule has 4 rings (SSSR count). The van der Waals surface area contributed by atoms with Gasteiger partial charge in [-0.3, -0.25) is 0 Å². The lowest BCUT2D eigenvalue weighted by atomic mass is 9.98. The Bertz CT molecular complexity index is 848. The molecule has 1 fully saturated rings. The molecule has 3 aromatic rings. The Kier molecular flexibility index (Phi) is 3.28. The third-order valence-electron chi connectivity index (χ3n) is 4.12. The highest BCUT2D eigenvalue weighted by molar-refractivity contribution is 6.16. The van der Waals surface area contributed by atoms with Gasteiger partial charge < -0.3 is 9.47 Å². The molecule has 0 amide bonds. The molecule has 3 aromatic carbocycles. The first-order valence-electron chi connectivity index (χ1n) is 7.56. The van der Waals surface area contributed by atoms with Crippen LogP contribution in [0.4, 0.5) is 0 Å². The van der Waals surface area contributed by atoms with Gasteiger partial charge in [-0.25, -0.2) is 4.79 Å². The van der Waals surface area contributed by atoms with E-state index in [4.69, 9.17) is 9.47 Å². The molecule has 0 bridgehead atoms. The molecule has 0 N–H and O–H groups in total. The van der Waals surface area contributed by atoms with Gasteiger partial charge in [0.05, 0.1) is 12.2 Å². The summed E-state index contributed by atoms with van der Waals surface area (Å²) in [5.41, 5.74) is 0.602. The highest BCUT2D eigenvalue weighted by Gasteiger charge is 2.22. The number of benzene rings is 3. The van der Waals surface area contributed by atoms with E-state index in [1.54, 1.807) is 0 Å². The number of hydrogen-bond acceptors (Lipinski definition) is 3. The van der Waals surface area contributed by atoms with Crippen LogP contribution in [0.15, 0.2) is 54.6 Å². The fourth-order valence-corrected chi connectivity index (χ4v) is 3.05. The first-order valence-corrected chi connectivity index (χ1v) is 7.56. The number of rotatable bonds is 2. The second kappa shape index (κ2) is 5.43. The van der Waals surface area contributed by atoms with Crippen LogP contribution in [0.2, 0.25) is 0 Å². The molecule has 0 radical (unpaired) electrons. The number of hydrogen-bond donors (Lipinski definition) is 0. The molecular weight excluding hydrogens is 276 g/mol. The van der Waals surface area contributed by atoms with Crippen molar-refractivity contribution in [3.63, 3.8) is 0 Å². The second-order valence-electron chi connectivity index (χ2n) is 5.54. The minimum atomic E-state index is -0.405. The van der Waals surface area contributed by atoms with Crippen LogP contribution in [-0.2, 0) is 9.47 Å². The molecule has 0 aromatic heterocycles. The van der Waals surface area contributed by atoms with Crippen molar-refractivity contribution in [1.29, 1.82) is 0 Å². The average molecular weight is 292 g/mol. The van der Waals surface area contributed by atoms with Crippen LogP contribution in [0, 0.1) is 0 Å². The lowest BCUT2D eigenvalue weighted by Crippen LogP contribution is -2.17. The minimum absolute atomic E-state index is 0.311. The Morgan fingerprint density at radius 2 is 1.82 bits per heavy atom. The van der Waals surface area contributed by atoms with Crippen molar-refractivity contribution in [3.8, 4) is 0 Å². The van der Waals surface area contributed by atoms with Crippen molar-refractivity contribution in [1.82, 2.24) is 0 Å². The summed E-state index contributed by atoms with van der Waals surface area (Å²) in [7, 11) is 0. The summed E-state index contributed by atoms with van der Waals surface area (Å²) in [5.74, 6) is -0.311. The number of ether oxygens (including phenoxy) is 2. The molecule has 1 saturated heterocycles. The maximum absolute atomic E-state index is 12.6. The van der Waals surface area contributed by atoms with Crippen LogP contribution in [-0.4, -0.2) is 18.9 Å². The molecule has 110 valence electrons. The molecule has 0 saturated carbocycles. The number of carbonyl (C=O) groups is 1. The fourth-order valence-electron chi connectivity index (χ4n) is 3.05. The van der Waals surface area contributed by atoms with E-state index in [-0.39, 0.29) is 5.97 Å². The number of fused-ring (bicyclic) bond motifs is 3. The maximum atomic E-state index is 12.6. The summed E-state index contributed by atoms with van der Waals surface area (Å²) in [6, 6.07) is 17.9. The van der Waals surface area contributed by atoms with Crippen LogP contribution in [0.3, 0.4) is 0 Å². The minimum Gasteiger partial charge on any atom is -0.432 e. The molecule has 1 unspecified atom stereocenters. The van der Waals surface area contributed by atoms with E-state index in [1.807, 2.05) is 42.5 Å². The summed E-state index contributed by atoms with van der Waals surface area (Å²) in [5, 5.41) is 4.18. The molecule has 0 aliphatic carbocycles. The van der Waals surface area contributed by atoms with Crippen LogP contribution in [0.1, 0.15) is 23.2 Å². The van der Waals surface area contributed by atoms with Crippen molar-refractivity contribution >= 4 is 27.5 Å². The van der Waals surface area contributed by atoms with E-state index in [0.29, 0.717) is 12.2 Å². The lowest BCUT2D eigenvalue weighted by molar-refractivity contribution is -0.0774. The van der Waals surface area contributed by atoms with Crippen molar-refractivity contribution in [2.75, 3.05) is 6.61 Å². The van der Waals surface area contributed by atoms with E-state index in [0.717, 1.165) is 34.4 Å². The number of carbonyl (C=O) groups excluding carboxylic acids is 1. The summed E-state index contributed by atoms with van der Waals surface area (Å²) in [6.07, 6.45) is 1.31. The first kappa shape index (κ1) is 13.3. The molecule has 1 atom stereocenters. The van der Waals surface area contributed by atoms with Crippen molar-refractivity contribution < 1.29 is 14.3 Å². The molecular formula is C19H16O3. The Balaban J connectivity index is 1.85. The molecule has 22 heavy (non-hydrogen) atoms. The summed E-state index contributed by atoms with van der Waals surface area (Å²) in [6.45, 7) is 0.663. The standard InChI is InChI=1S/C19H16O3/c20-19(22-17-9-4-12-21-17)16-8-3-6-14-11-10-13-5-1-2-7-15(13)18(14)16/h1-3,5-8,10-11,17H,4,9,12H2. The molecule has 1 aliphatic rings. The first-order chi connectivity index (χ1) is 10.8. The Hall–Kier alpha value is -2.39. The second-order valence-corrected chi connectivity index (χ2v) is 5.54. The fraction of sp³-hybridized carbons (Fsp3) is 0.211. The van der Waals surface area contributed by atoms with Crippen molar-refractivity contribution in [3.05, 3.63) is 60.2 Å². The normalized spacial score (nSPS) is 17.9. The predicted molar refractivity (Wildman–Crippen MR) is 85.8 cm³/mol.